The molecule has 2 aromatic rings. The Morgan fingerprint density at radius 2 is 2.10 bits per heavy atom. The van der Waals surface area contributed by atoms with Crippen LogP contribution in [0.25, 0.3) is 0 Å². The van der Waals surface area contributed by atoms with Gasteiger partial charge in [0.1, 0.15) is 4.21 Å². The van der Waals surface area contributed by atoms with Crippen LogP contribution in [-0.4, -0.2) is 19.5 Å². The molecule has 2 rings (SSSR count). The molecule has 1 aromatic carbocycles. The Morgan fingerprint density at radius 3 is 2.70 bits per heavy atom. The van der Waals surface area contributed by atoms with Gasteiger partial charge in [0.2, 0.25) is 0 Å². The summed E-state index contributed by atoms with van der Waals surface area (Å²) >= 11 is 1.11. The summed E-state index contributed by atoms with van der Waals surface area (Å²) in [5, 5.41) is 13.4. The largest absolute Gasteiger partial charge is 0.409 e. The number of oxime groups is 1. The second-order valence-electron chi connectivity index (χ2n) is 4.02. The minimum atomic E-state index is -3.67. The monoisotopic (exact) mass is 311 g/mol. The maximum atomic E-state index is 12.2. The summed E-state index contributed by atoms with van der Waals surface area (Å²) in [4.78, 5) is 0. The van der Waals surface area contributed by atoms with Gasteiger partial charge in [-0.15, -0.1) is 11.3 Å². The molecule has 0 saturated heterocycles. The van der Waals surface area contributed by atoms with E-state index in [-0.39, 0.29) is 15.7 Å². The normalized spacial score (nSPS) is 12.3. The van der Waals surface area contributed by atoms with Gasteiger partial charge in [-0.3, -0.25) is 4.72 Å². The van der Waals surface area contributed by atoms with Crippen molar-refractivity contribution in [2.24, 2.45) is 10.9 Å². The summed E-state index contributed by atoms with van der Waals surface area (Å²) in [5.41, 5.74) is 6.93. The van der Waals surface area contributed by atoms with E-state index >= 15 is 0 Å². The molecule has 0 fully saturated rings. The van der Waals surface area contributed by atoms with Gasteiger partial charge in [0.15, 0.2) is 5.84 Å². The highest BCUT2D eigenvalue weighted by atomic mass is 32.2. The summed E-state index contributed by atoms with van der Waals surface area (Å²) in [6.45, 7) is 1.75. The van der Waals surface area contributed by atoms with Crippen LogP contribution in [0.3, 0.4) is 0 Å². The lowest BCUT2D eigenvalue weighted by Gasteiger charge is -2.13. The summed E-state index contributed by atoms with van der Waals surface area (Å²) in [6, 6.07) is 8.16. The molecular formula is C12H13N3O3S2. The molecule has 0 aliphatic heterocycles. The van der Waals surface area contributed by atoms with E-state index in [4.69, 9.17) is 10.9 Å². The van der Waals surface area contributed by atoms with Crippen molar-refractivity contribution >= 4 is 32.9 Å². The van der Waals surface area contributed by atoms with Crippen LogP contribution in [0, 0.1) is 6.92 Å². The highest BCUT2D eigenvalue weighted by molar-refractivity contribution is 7.94. The van der Waals surface area contributed by atoms with E-state index in [0.29, 0.717) is 11.1 Å². The molecule has 6 nitrogen and oxygen atoms in total. The van der Waals surface area contributed by atoms with Gasteiger partial charge in [-0.05, 0) is 30.0 Å². The first-order chi connectivity index (χ1) is 9.45. The van der Waals surface area contributed by atoms with E-state index in [0.717, 1.165) is 11.3 Å². The lowest BCUT2D eigenvalue weighted by Crippen LogP contribution is -2.20. The van der Waals surface area contributed by atoms with Gasteiger partial charge in [0.25, 0.3) is 10.0 Å². The summed E-state index contributed by atoms with van der Waals surface area (Å²) in [7, 11) is -3.67. The fraction of sp³-hybridized carbons (Fsp3) is 0.0833. The summed E-state index contributed by atoms with van der Waals surface area (Å²) in [6.07, 6.45) is 0. The van der Waals surface area contributed by atoms with Gasteiger partial charge in [-0.1, -0.05) is 23.4 Å². The SMILES string of the molecule is Cc1cccc(NS(=O)(=O)c2cccs2)c1/C(N)=N/O. The molecule has 8 heteroatoms. The molecule has 0 saturated carbocycles. The third-order valence-electron chi connectivity index (χ3n) is 2.64. The Hall–Kier alpha value is -2.06. The lowest BCUT2D eigenvalue weighted by molar-refractivity contribution is 0.318. The Labute approximate surface area is 120 Å². The van der Waals surface area contributed by atoms with Crippen molar-refractivity contribution in [3.05, 3.63) is 46.8 Å². The number of rotatable bonds is 4. The van der Waals surface area contributed by atoms with Gasteiger partial charge in [0, 0.05) is 5.56 Å². The number of thiophene rings is 1. The zero-order valence-electron chi connectivity index (χ0n) is 10.6. The van der Waals surface area contributed by atoms with E-state index in [9.17, 15) is 8.42 Å². The van der Waals surface area contributed by atoms with Crippen LogP contribution in [-0.2, 0) is 10.0 Å². The van der Waals surface area contributed by atoms with Crippen molar-refractivity contribution in [1.82, 2.24) is 0 Å². The van der Waals surface area contributed by atoms with Crippen LogP contribution < -0.4 is 10.5 Å². The predicted molar refractivity (Wildman–Crippen MR) is 78.8 cm³/mol. The minimum absolute atomic E-state index is 0.146. The minimum Gasteiger partial charge on any atom is -0.409 e. The second-order valence-corrected chi connectivity index (χ2v) is 6.88. The molecule has 0 bridgehead atoms. The third kappa shape index (κ3) is 2.75. The van der Waals surface area contributed by atoms with E-state index < -0.39 is 10.0 Å². The first-order valence-electron chi connectivity index (χ1n) is 5.59. The quantitative estimate of drug-likeness (QED) is 0.347. The van der Waals surface area contributed by atoms with Gasteiger partial charge >= 0.3 is 0 Å². The van der Waals surface area contributed by atoms with Crippen molar-refractivity contribution in [2.75, 3.05) is 4.72 Å². The fourth-order valence-corrected chi connectivity index (χ4v) is 3.82. The van der Waals surface area contributed by atoms with Crippen molar-refractivity contribution in [3.8, 4) is 0 Å². The number of aryl methyl sites for hydroxylation is 1. The molecule has 0 unspecified atom stereocenters. The van der Waals surface area contributed by atoms with Gasteiger partial charge in [0.05, 0.1) is 5.69 Å². The highest BCUT2D eigenvalue weighted by Crippen LogP contribution is 2.24. The number of amidine groups is 1. The van der Waals surface area contributed by atoms with E-state index in [1.165, 1.54) is 6.07 Å². The smallest absolute Gasteiger partial charge is 0.271 e. The Morgan fingerprint density at radius 1 is 1.35 bits per heavy atom. The maximum Gasteiger partial charge on any atom is 0.271 e. The van der Waals surface area contributed by atoms with Crippen molar-refractivity contribution in [2.45, 2.75) is 11.1 Å². The Kier molecular flexibility index (Phi) is 3.96. The molecule has 4 N–H and O–H groups in total. The third-order valence-corrected chi connectivity index (χ3v) is 5.40. The number of hydrogen-bond donors (Lipinski definition) is 3. The van der Waals surface area contributed by atoms with E-state index in [2.05, 4.69) is 9.88 Å². The predicted octanol–water partition coefficient (Wildman–Crippen LogP) is 1.95. The van der Waals surface area contributed by atoms with Crippen LogP contribution in [0.1, 0.15) is 11.1 Å². The first-order valence-corrected chi connectivity index (χ1v) is 7.96. The lowest BCUT2D eigenvalue weighted by atomic mass is 10.1. The number of sulfonamides is 1. The van der Waals surface area contributed by atoms with Crippen molar-refractivity contribution < 1.29 is 13.6 Å². The van der Waals surface area contributed by atoms with Crippen LogP contribution >= 0.6 is 11.3 Å². The molecule has 106 valence electrons. The van der Waals surface area contributed by atoms with Gasteiger partial charge in [-0.2, -0.15) is 0 Å². The molecule has 0 atom stereocenters. The highest BCUT2D eigenvalue weighted by Gasteiger charge is 2.19. The zero-order chi connectivity index (χ0) is 14.8. The molecule has 1 aromatic heterocycles. The second kappa shape index (κ2) is 5.51. The number of nitrogens with one attached hydrogen (secondary N) is 1. The molecule has 0 radical (unpaired) electrons. The fourth-order valence-electron chi connectivity index (χ4n) is 1.75. The Bertz CT molecular complexity index is 737. The topological polar surface area (TPSA) is 105 Å². The van der Waals surface area contributed by atoms with Crippen molar-refractivity contribution in [1.29, 1.82) is 0 Å². The number of nitrogens with two attached hydrogens (primary N) is 1. The van der Waals surface area contributed by atoms with Gasteiger partial charge in [-0.25, -0.2) is 8.42 Å². The van der Waals surface area contributed by atoms with Crippen molar-refractivity contribution in [3.63, 3.8) is 0 Å². The average Bonchev–Trinajstić information content (AvgIpc) is 2.92. The first kappa shape index (κ1) is 14.4. The average molecular weight is 311 g/mol. The Balaban J connectivity index is 2.48. The molecular weight excluding hydrogens is 298 g/mol. The summed E-state index contributed by atoms with van der Waals surface area (Å²) < 4.78 is 27.0. The van der Waals surface area contributed by atoms with Crippen LogP contribution in [0.2, 0.25) is 0 Å². The van der Waals surface area contributed by atoms with Crippen LogP contribution in [0.4, 0.5) is 5.69 Å². The van der Waals surface area contributed by atoms with E-state index in [1.54, 1.807) is 36.6 Å². The van der Waals surface area contributed by atoms with Crippen LogP contribution in [0.5, 0.6) is 0 Å². The number of nitrogens with zero attached hydrogens (tertiary/aromatic N) is 1. The number of hydrogen-bond acceptors (Lipinski definition) is 5. The molecule has 1 heterocycles. The number of anilines is 1. The molecule has 0 aliphatic carbocycles. The molecule has 20 heavy (non-hydrogen) atoms. The van der Waals surface area contributed by atoms with E-state index in [1.807, 2.05) is 0 Å². The maximum absolute atomic E-state index is 12.2. The standard InChI is InChI=1S/C12H13N3O3S2/c1-8-4-2-5-9(11(8)12(13)14-16)15-20(17,18)10-6-3-7-19-10/h2-7,15-16H,1H3,(H2,13,14). The molecule has 0 amide bonds. The van der Waals surface area contributed by atoms with Gasteiger partial charge < -0.3 is 10.9 Å². The van der Waals surface area contributed by atoms with Crippen LogP contribution in [0.15, 0.2) is 45.1 Å². The number of benzene rings is 1. The zero-order valence-corrected chi connectivity index (χ0v) is 12.2. The molecule has 0 aliphatic rings. The summed E-state index contributed by atoms with van der Waals surface area (Å²) in [5.74, 6) is -0.146. The molecule has 0 spiro atoms.